The van der Waals surface area contributed by atoms with Crippen LogP contribution in [0.5, 0.6) is 0 Å². The molecule has 0 bridgehead atoms. The van der Waals surface area contributed by atoms with Crippen molar-refractivity contribution in [3.63, 3.8) is 0 Å². The van der Waals surface area contributed by atoms with E-state index in [1.54, 1.807) is 24.3 Å². The van der Waals surface area contributed by atoms with Gasteiger partial charge in [-0.3, -0.25) is 4.79 Å². The Kier molecular flexibility index (Phi) is 10.5. The standard InChI is InChI=1S/C24H34N2O7/c1-2-3-4-5-9-12-19(15-21(27)28)22(29)26(24(31)32)14-13-25-16-20(26)23(30)33-17-18-10-7-6-8-11-18/h6-8,10-11,19-20,25H,2-5,9,12-17H2,1H3,(H-,27,28,31,32)/p+1/t19-,20?,26-/m1/s1. The SMILES string of the molecule is CCCCCCC[C@H](CC(=O)O)C(=O)[N@@+]1(C(=O)O)CCNCC1C(=O)OCc1ccccc1. The van der Waals surface area contributed by atoms with Crippen LogP contribution in [0, 0.1) is 5.92 Å². The number of carboxylic acids is 1. The Labute approximate surface area is 194 Å². The molecule has 1 aromatic carbocycles. The molecule has 2 rings (SSSR count). The molecular weight excluding hydrogens is 428 g/mol. The van der Waals surface area contributed by atoms with Gasteiger partial charge < -0.3 is 20.3 Å². The van der Waals surface area contributed by atoms with Gasteiger partial charge in [0, 0.05) is 6.54 Å². The van der Waals surface area contributed by atoms with Crippen LogP contribution in [0.4, 0.5) is 4.79 Å². The molecule has 0 saturated carbocycles. The van der Waals surface area contributed by atoms with Crippen LogP contribution < -0.4 is 5.32 Å². The molecule has 1 aromatic rings. The highest BCUT2D eigenvalue weighted by Crippen LogP contribution is 2.28. The Morgan fingerprint density at radius 1 is 1.09 bits per heavy atom. The Morgan fingerprint density at radius 2 is 1.79 bits per heavy atom. The first-order chi connectivity index (χ1) is 15.8. The number of ether oxygens (including phenoxy) is 1. The first-order valence-corrected chi connectivity index (χ1v) is 11.6. The van der Waals surface area contributed by atoms with E-state index in [9.17, 15) is 29.4 Å². The molecule has 2 amide bonds. The van der Waals surface area contributed by atoms with E-state index >= 15 is 0 Å². The number of carbonyl (C=O) groups excluding carboxylic acids is 2. The number of imide groups is 1. The van der Waals surface area contributed by atoms with Crippen LogP contribution in [0.1, 0.15) is 57.4 Å². The summed E-state index contributed by atoms with van der Waals surface area (Å²) in [5, 5.41) is 22.5. The van der Waals surface area contributed by atoms with Gasteiger partial charge in [0.1, 0.15) is 13.2 Å². The summed E-state index contributed by atoms with van der Waals surface area (Å²) in [6.07, 6.45) is 2.91. The van der Waals surface area contributed by atoms with Crippen molar-refractivity contribution in [2.24, 2.45) is 5.92 Å². The molecule has 0 radical (unpaired) electrons. The summed E-state index contributed by atoms with van der Waals surface area (Å²) in [6, 6.07) is 7.68. The number of esters is 1. The van der Waals surface area contributed by atoms with Crippen LogP contribution in [-0.4, -0.2) is 64.3 Å². The van der Waals surface area contributed by atoms with E-state index in [2.05, 4.69) is 12.2 Å². The number of aliphatic carboxylic acids is 1. The predicted molar refractivity (Wildman–Crippen MR) is 120 cm³/mol. The van der Waals surface area contributed by atoms with Crippen molar-refractivity contribution < 1.29 is 38.6 Å². The first kappa shape index (κ1) is 26.5. The maximum Gasteiger partial charge on any atom is 0.521 e. The molecule has 1 aliphatic rings. The highest BCUT2D eigenvalue weighted by atomic mass is 16.5. The number of quaternary nitrogens is 1. The number of piperazine rings is 1. The minimum atomic E-state index is -1.45. The zero-order chi connectivity index (χ0) is 24.3. The molecule has 9 nitrogen and oxygen atoms in total. The van der Waals surface area contributed by atoms with Gasteiger partial charge in [-0.05, 0) is 12.0 Å². The second-order valence-electron chi connectivity index (χ2n) is 8.52. The van der Waals surface area contributed by atoms with Gasteiger partial charge in [0.2, 0.25) is 6.04 Å². The van der Waals surface area contributed by atoms with Crippen molar-refractivity contribution in [3.05, 3.63) is 35.9 Å². The van der Waals surface area contributed by atoms with E-state index < -0.39 is 46.8 Å². The number of nitrogens with zero attached hydrogens (tertiary/aromatic N) is 1. The number of unbranched alkanes of at least 4 members (excludes halogenated alkanes) is 4. The summed E-state index contributed by atoms with van der Waals surface area (Å²) in [7, 11) is 0. The van der Waals surface area contributed by atoms with Crippen molar-refractivity contribution in [2.75, 3.05) is 19.6 Å². The number of hydrogen-bond donors (Lipinski definition) is 3. The highest BCUT2D eigenvalue weighted by Gasteiger charge is 2.58. The zero-order valence-electron chi connectivity index (χ0n) is 19.2. The Hall–Kier alpha value is -2.78. The Balaban J connectivity index is 2.22. The van der Waals surface area contributed by atoms with E-state index in [0.717, 1.165) is 31.2 Å². The van der Waals surface area contributed by atoms with Crippen LogP contribution in [0.15, 0.2) is 30.3 Å². The Morgan fingerprint density at radius 3 is 2.42 bits per heavy atom. The number of amides is 2. The zero-order valence-corrected chi connectivity index (χ0v) is 19.2. The molecule has 3 atom stereocenters. The fourth-order valence-electron chi connectivity index (χ4n) is 4.32. The number of nitrogens with one attached hydrogen (secondary N) is 1. The summed E-state index contributed by atoms with van der Waals surface area (Å²) in [6.45, 7) is 2.07. The molecule has 182 valence electrons. The lowest BCUT2D eigenvalue weighted by molar-refractivity contribution is -0.804. The van der Waals surface area contributed by atoms with Gasteiger partial charge in [0.15, 0.2) is 0 Å². The van der Waals surface area contributed by atoms with E-state index in [1.807, 2.05) is 6.07 Å². The quantitative estimate of drug-likeness (QED) is 0.245. The van der Waals surface area contributed by atoms with Crippen LogP contribution in [0.25, 0.3) is 0 Å². The van der Waals surface area contributed by atoms with Gasteiger partial charge in [-0.1, -0.05) is 69.4 Å². The van der Waals surface area contributed by atoms with E-state index in [1.165, 1.54) is 0 Å². The monoisotopic (exact) mass is 463 g/mol. The number of carboxylic acid groups (broad SMARTS) is 2. The molecule has 1 fully saturated rings. The van der Waals surface area contributed by atoms with E-state index in [4.69, 9.17) is 4.74 Å². The van der Waals surface area contributed by atoms with Crippen LogP contribution in [0.2, 0.25) is 0 Å². The third-order valence-electron chi connectivity index (χ3n) is 6.17. The number of rotatable bonds is 12. The summed E-state index contributed by atoms with van der Waals surface area (Å²) < 4.78 is 4.25. The minimum absolute atomic E-state index is 0.0397. The van der Waals surface area contributed by atoms with Gasteiger partial charge in [-0.25, -0.2) is 9.59 Å². The average molecular weight is 464 g/mol. The van der Waals surface area contributed by atoms with Crippen molar-refractivity contribution in [1.29, 1.82) is 0 Å². The second kappa shape index (κ2) is 13.1. The number of carbonyl (C=O) groups is 4. The lowest BCUT2D eigenvalue weighted by Gasteiger charge is -2.40. The van der Waals surface area contributed by atoms with Gasteiger partial charge in [0.25, 0.3) is 0 Å². The van der Waals surface area contributed by atoms with Crippen LogP contribution in [0.3, 0.4) is 0 Å². The van der Waals surface area contributed by atoms with Crippen molar-refractivity contribution in [2.45, 2.75) is 64.5 Å². The Bertz CT molecular complexity index is 814. The minimum Gasteiger partial charge on any atom is -0.481 e. The van der Waals surface area contributed by atoms with E-state index in [0.29, 0.717) is 6.42 Å². The van der Waals surface area contributed by atoms with Gasteiger partial charge in [-0.15, -0.1) is 4.48 Å². The van der Waals surface area contributed by atoms with Gasteiger partial charge >= 0.3 is 23.9 Å². The molecule has 33 heavy (non-hydrogen) atoms. The number of hydrogen-bond acceptors (Lipinski definition) is 6. The molecule has 0 aromatic heterocycles. The van der Waals surface area contributed by atoms with E-state index in [-0.39, 0.29) is 32.7 Å². The molecule has 1 unspecified atom stereocenters. The molecule has 9 heteroatoms. The largest absolute Gasteiger partial charge is 0.521 e. The lowest BCUT2D eigenvalue weighted by atomic mass is 9.93. The summed E-state index contributed by atoms with van der Waals surface area (Å²) in [5.74, 6) is -3.67. The smallest absolute Gasteiger partial charge is 0.481 e. The topological polar surface area (TPSA) is 130 Å². The highest BCUT2D eigenvalue weighted by molar-refractivity contribution is 5.89. The summed E-state index contributed by atoms with van der Waals surface area (Å²) in [4.78, 5) is 50.5. The van der Waals surface area contributed by atoms with Crippen molar-refractivity contribution in [1.82, 2.24) is 5.32 Å². The molecule has 1 aliphatic heterocycles. The maximum atomic E-state index is 13.6. The lowest BCUT2D eigenvalue weighted by Crippen LogP contribution is -2.73. The normalized spacial score (nSPS) is 21.2. The van der Waals surface area contributed by atoms with Gasteiger partial charge in [0.05, 0.1) is 18.9 Å². The second-order valence-corrected chi connectivity index (χ2v) is 8.52. The molecule has 0 aliphatic carbocycles. The average Bonchev–Trinajstić information content (AvgIpc) is 2.81. The molecule has 1 heterocycles. The predicted octanol–water partition coefficient (Wildman–Crippen LogP) is 3.17. The van der Waals surface area contributed by atoms with Crippen molar-refractivity contribution >= 4 is 23.9 Å². The molecular formula is C24H35N2O7+. The van der Waals surface area contributed by atoms with Crippen molar-refractivity contribution in [3.8, 4) is 0 Å². The summed E-state index contributed by atoms with van der Waals surface area (Å²) in [5.41, 5.74) is 0.741. The molecule has 0 spiro atoms. The van der Waals surface area contributed by atoms with Crippen LogP contribution >= 0.6 is 0 Å². The molecule has 3 N–H and O–H groups in total. The maximum absolute atomic E-state index is 13.6. The van der Waals surface area contributed by atoms with Crippen LogP contribution in [-0.2, 0) is 25.7 Å². The van der Waals surface area contributed by atoms with Gasteiger partial charge in [-0.2, -0.15) is 4.79 Å². The molecule has 1 saturated heterocycles. The number of benzene rings is 1. The third kappa shape index (κ3) is 7.10. The first-order valence-electron chi connectivity index (χ1n) is 11.6. The fraction of sp³-hybridized carbons (Fsp3) is 0.583. The fourth-order valence-corrected chi connectivity index (χ4v) is 4.32. The third-order valence-corrected chi connectivity index (χ3v) is 6.17. The summed E-state index contributed by atoms with van der Waals surface area (Å²) >= 11 is 0.